The smallest absolute Gasteiger partial charge is 0.225 e. The summed E-state index contributed by atoms with van der Waals surface area (Å²) in [6.07, 6.45) is 1.79. The fourth-order valence-electron chi connectivity index (χ4n) is 3.69. The Balaban J connectivity index is 1.28. The second kappa shape index (κ2) is 6.16. The van der Waals surface area contributed by atoms with Gasteiger partial charge in [0.05, 0.1) is 5.69 Å². The Bertz CT molecular complexity index is 718. The van der Waals surface area contributed by atoms with Crippen molar-refractivity contribution in [1.82, 2.24) is 14.9 Å². The molecule has 1 saturated carbocycles. The molecule has 3 heterocycles. The van der Waals surface area contributed by atoms with Crippen LogP contribution >= 0.6 is 11.3 Å². The quantitative estimate of drug-likeness (QED) is 0.907. The molecule has 126 valence electrons. The van der Waals surface area contributed by atoms with E-state index in [4.69, 9.17) is 0 Å². The summed E-state index contributed by atoms with van der Waals surface area (Å²) in [7, 11) is 0. The molecule has 2 fully saturated rings. The minimum Gasteiger partial charge on any atom is -0.361 e. The van der Waals surface area contributed by atoms with E-state index in [1.807, 2.05) is 42.3 Å². The van der Waals surface area contributed by atoms with Crippen molar-refractivity contribution in [2.24, 2.45) is 23.7 Å². The summed E-state index contributed by atoms with van der Waals surface area (Å²) in [5.74, 6) is 2.45. The van der Waals surface area contributed by atoms with Gasteiger partial charge in [0.2, 0.25) is 5.91 Å². The molecule has 1 aliphatic heterocycles. The number of nitrogens with zero attached hydrogens (tertiary/aromatic N) is 3. The van der Waals surface area contributed by atoms with Crippen LogP contribution in [0, 0.1) is 23.7 Å². The van der Waals surface area contributed by atoms with Crippen molar-refractivity contribution in [3.63, 3.8) is 0 Å². The fraction of sp³-hybridized carbons (Fsp3) is 0.500. The number of pyridine rings is 1. The van der Waals surface area contributed by atoms with Crippen LogP contribution < -0.4 is 5.32 Å². The maximum absolute atomic E-state index is 12.0. The summed E-state index contributed by atoms with van der Waals surface area (Å²) < 4.78 is 0. The fourth-order valence-corrected chi connectivity index (χ4v) is 4.40. The van der Waals surface area contributed by atoms with E-state index in [-0.39, 0.29) is 5.92 Å². The molecule has 2 aromatic heterocycles. The zero-order valence-electron chi connectivity index (χ0n) is 14.0. The van der Waals surface area contributed by atoms with Gasteiger partial charge in [-0.3, -0.25) is 9.78 Å². The van der Waals surface area contributed by atoms with Gasteiger partial charge in [-0.25, -0.2) is 4.98 Å². The van der Waals surface area contributed by atoms with E-state index in [1.165, 1.54) is 0 Å². The van der Waals surface area contributed by atoms with E-state index >= 15 is 0 Å². The van der Waals surface area contributed by atoms with Gasteiger partial charge in [-0.15, -0.1) is 11.3 Å². The Morgan fingerprint density at radius 1 is 1.33 bits per heavy atom. The van der Waals surface area contributed by atoms with Gasteiger partial charge < -0.3 is 10.2 Å². The van der Waals surface area contributed by atoms with Gasteiger partial charge in [-0.05, 0) is 29.9 Å². The van der Waals surface area contributed by atoms with E-state index < -0.39 is 0 Å². The summed E-state index contributed by atoms with van der Waals surface area (Å²) in [6, 6.07) is 5.86. The van der Waals surface area contributed by atoms with Crippen LogP contribution in [0.2, 0.25) is 0 Å². The van der Waals surface area contributed by atoms with E-state index in [2.05, 4.69) is 15.3 Å². The molecule has 0 bridgehead atoms. The SMILES string of the molecule is CC(C)C(=O)N1C[C@@H]2C(CNc3nc(-c4ccccn4)cs3)[C@@H]2C1. The van der Waals surface area contributed by atoms with Crippen molar-refractivity contribution in [1.29, 1.82) is 0 Å². The highest BCUT2D eigenvalue weighted by Gasteiger charge is 2.56. The predicted molar refractivity (Wildman–Crippen MR) is 95.7 cm³/mol. The number of thiazole rings is 1. The Hall–Kier alpha value is -1.95. The number of likely N-dealkylation sites (tertiary alicyclic amines) is 1. The number of piperidine rings is 1. The molecular weight excluding hydrogens is 320 g/mol. The maximum atomic E-state index is 12.0. The molecule has 1 amide bonds. The number of hydrogen-bond acceptors (Lipinski definition) is 5. The molecule has 2 aromatic rings. The van der Waals surface area contributed by atoms with Crippen LogP contribution in [-0.4, -0.2) is 40.4 Å². The number of aromatic nitrogens is 2. The Kier molecular flexibility index (Phi) is 4.00. The standard InChI is InChI=1S/C18H22N4OS/c1-11(2)17(23)22-8-13-12(14(13)9-22)7-20-18-21-16(10-24-18)15-5-3-4-6-19-15/h3-6,10-14H,7-9H2,1-2H3,(H,20,21)/t12?,13-,14+. The second-order valence-corrected chi connectivity index (χ2v) is 7.88. The lowest BCUT2D eigenvalue weighted by molar-refractivity contribution is -0.134. The van der Waals surface area contributed by atoms with E-state index in [0.717, 1.165) is 36.2 Å². The molecule has 24 heavy (non-hydrogen) atoms. The van der Waals surface area contributed by atoms with Gasteiger partial charge in [0.1, 0.15) is 5.69 Å². The average Bonchev–Trinajstić information content (AvgIpc) is 3.00. The summed E-state index contributed by atoms with van der Waals surface area (Å²) in [4.78, 5) is 23.0. The van der Waals surface area contributed by atoms with Crippen LogP contribution in [0.1, 0.15) is 13.8 Å². The highest BCUT2D eigenvalue weighted by Crippen LogP contribution is 2.51. The Labute approximate surface area is 146 Å². The van der Waals surface area contributed by atoms with E-state index in [0.29, 0.717) is 23.7 Å². The van der Waals surface area contributed by atoms with Gasteiger partial charge >= 0.3 is 0 Å². The number of amides is 1. The van der Waals surface area contributed by atoms with Crippen LogP contribution in [0.15, 0.2) is 29.8 Å². The molecule has 5 nitrogen and oxygen atoms in total. The molecule has 1 N–H and O–H groups in total. The monoisotopic (exact) mass is 342 g/mol. The Morgan fingerprint density at radius 3 is 2.79 bits per heavy atom. The summed E-state index contributed by atoms with van der Waals surface area (Å²) in [6.45, 7) is 6.78. The van der Waals surface area contributed by atoms with Crippen LogP contribution in [-0.2, 0) is 4.79 Å². The van der Waals surface area contributed by atoms with Crippen molar-refractivity contribution in [3.05, 3.63) is 29.8 Å². The summed E-state index contributed by atoms with van der Waals surface area (Å²) in [5, 5.41) is 6.47. The van der Waals surface area contributed by atoms with Crippen LogP contribution in [0.5, 0.6) is 0 Å². The first-order chi connectivity index (χ1) is 11.6. The predicted octanol–water partition coefficient (Wildman–Crippen LogP) is 2.98. The molecule has 1 aliphatic carbocycles. The van der Waals surface area contributed by atoms with Crippen LogP contribution in [0.4, 0.5) is 5.13 Å². The summed E-state index contributed by atoms with van der Waals surface area (Å²) in [5.41, 5.74) is 1.83. The average molecular weight is 342 g/mol. The molecular formula is C18H22N4OS. The first-order valence-electron chi connectivity index (χ1n) is 8.53. The molecule has 0 aromatic carbocycles. The number of hydrogen-bond donors (Lipinski definition) is 1. The maximum Gasteiger partial charge on any atom is 0.225 e. The third kappa shape index (κ3) is 2.90. The van der Waals surface area contributed by atoms with Crippen molar-refractivity contribution >= 4 is 22.4 Å². The lowest BCUT2D eigenvalue weighted by Gasteiger charge is -2.21. The van der Waals surface area contributed by atoms with E-state index in [9.17, 15) is 4.79 Å². The lowest BCUT2D eigenvalue weighted by Crippen LogP contribution is -2.35. The minimum atomic E-state index is 0.111. The molecule has 1 saturated heterocycles. The highest BCUT2D eigenvalue weighted by atomic mass is 32.1. The van der Waals surface area contributed by atoms with Crippen molar-refractivity contribution in [2.45, 2.75) is 13.8 Å². The topological polar surface area (TPSA) is 58.1 Å². The highest BCUT2D eigenvalue weighted by molar-refractivity contribution is 7.14. The molecule has 3 atom stereocenters. The molecule has 0 spiro atoms. The number of carbonyl (C=O) groups is 1. The number of fused-ring (bicyclic) bond motifs is 1. The van der Waals surface area contributed by atoms with E-state index in [1.54, 1.807) is 17.5 Å². The van der Waals surface area contributed by atoms with Gasteiger partial charge in [0, 0.05) is 37.1 Å². The van der Waals surface area contributed by atoms with Crippen molar-refractivity contribution in [3.8, 4) is 11.4 Å². The second-order valence-electron chi connectivity index (χ2n) is 7.02. The van der Waals surface area contributed by atoms with Crippen LogP contribution in [0.3, 0.4) is 0 Å². The van der Waals surface area contributed by atoms with Crippen molar-refractivity contribution in [2.75, 3.05) is 25.0 Å². The number of nitrogens with one attached hydrogen (secondary N) is 1. The Morgan fingerprint density at radius 2 is 2.12 bits per heavy atom. The van der Waals surface area contributed by atoms with Crippen LogP contribution in [0.25, 0.3) is 11.4 Å². The van der Waals surface area contributed by atoms with Gasteiger partial charge in [0.15, 0.2) is 5.13 Å². The zero-order valence-corrected chi connectivity index (χ0v) is 14.8. The minimum absolute atomic E-state index is 0.111. The third-order valence-electron chi connectivity index (χ3n) is 5.10. The van der Waals surface area contributed by atoms with Crippen molar-refractivity contribution < 1.29 is 4.79 Å². The number of rotatable bonds is 5. The van der Waals surface area contributed by atoms with Gasteiger partial charge in [0.25, 0.3) is 0 Å². The first kappa shape index (κ1) is 15.6. The first-order valence-corrected chi connectivity index (χ1v) is 9.41. The number of carbonyl (C=O) groups excluding carboxylic acids is 1. The largest absolute Gasteiger partial charge is 0.361 e. The summed E-state index contributed by atoms with van der Waals surface area (Å²) >= 11 is 1.62. The third-order valence-corrected chi connectivity index (χ3v) is 5.90. The lowest BCUT2D eigenvalue weighted by atomic mass is 10.1. The molecule has 1 unspecified atom stereocenters. The van der Waals surface area contributed by atoms with Gasteiger partial charge in [-0.1, -0.05) is 19.9 Å². The molecule has 0 radical (unpaired) electrons. The molecule has 6 heteroatoms. The van der Waals surface area contributed by atoms with Gasteiger partial charge in [-0.2, -0.15) is 0 Å². The molecule has 2 aliphatic rings. The normalized spacial score (nSPS) is 25.0. The zero-order chi connectivity index (χ0) is 16.7. The molecule has 4 rings (SSSR count). The number of anilines is 1.